The maximum absolute atomic E-state index is 9.69. The lowest BCUT2D eigenvalue weighted by Crippen LogP contribution is -2.31. The summed E-state index contributed by atoms with van der Waals surface area (Å²) in [6.45, 7) is 3.07. The van der Waals surface area contributed by atoms with E-state index in [4.69, 9.17) is 4.74 Å². The molecule has 94 valence electrons. The third-order valence-corrected chi connectivity index (χ3v) is 3.09. The summed E-state index contributed by atoms with van der Waals surface area (Å²) in [4.78, 5) is 2.09. The van der Waals surface area contributed by atoms with E-state index in [1.165, 1.54) is 11.3 Å². The standard InChI is InChI=1S/C13H20N2O2/c1-9-4-5-10(6-12(9)15(2)3)14-11-7-17-8-13(11)16/h4-6,11,13-14,16H,7-8H2,1-3H3. The van der Waals surface area contributed by atoms with Gasteiger partial charge in [-0.05, 0) is 24.6 Å². The van der Waals surface area contributed by atoms with E-state index in [2.05, 4.69) is 29.3 Å². The minimum absolute atomic E-state index is 0.00674. The second-order valence-electron chi connectivity index (χ2n) is 4.75. The molecule has 2 unspecified atom stereocenters. The summed E-state index contributed by atoms with van der Waals surface area (Å²) in [6.07, 6.45) is -0.417. The van der Waals surface area contributed by atoms with Crippen LogP contribution in [0.4, 0.5) is 11.4 Å². The molecule has 1 aliphatic rings. The van der Waals surface area contributed by atoms with Crippen molar-refractivity contribution in [2.75, 3.05) is 37.5 Å². The number of anilines is 2. The average molecular weight is 236 g/mol. The molecule has 1 aromatic carbocycles. The van der Waals surface area contributed by atoms with Crippen molar-refractivity contribution in [2.24, 2.45) is 0 Å². The fourth-order valence-corrected chi connectivity index (χ4v) is 2.08. The molecule has 0 spiro atoms. The summed E-state index contributed by atoms with van der Waals surface area (Å²) in [5.41, 5.74) is 3.45. The van der Waals surface area contributed by atoms with E-state index in [-0.39, 0.29) is 6.04 Å². The minimum Gasteiger partial charge on any atom is -0.388 e. The molecule has 0 aromatic heterocycles. The third kappa shape index (κ3) is 2.70. The van der Waals surface area contributed by atoms with Gasteiger partial charge in [0.05, 0.1) is 25.4 Å². The van der Waals surface area contributed by atoms with Crippen molar-refractivity contribution in [3.05, 3.63) is 23.8 Å². The molecule has 4 nitrogen and oxygen atoms in total. The van der Waals surface area contributed by atoms with Crippen LogP contribution in [-0.2, 0) is 4.74 Å². The monoisotopic (exact) mass is 236 g/mol. The van der Waals surface area contributed by atoms with Crippen LogP contribution < -0.4 is 10.2 Å². The molecular formula is C13H20N2O2. The zero-order chi connectivity index (χ0) is 12.4. The van der Waals surface area contributed by atoms with Gasteiger partial charge in [-0.2, -0.15) is 0 Å². The Hall–Kier alpha value is -1.26. The zero-order valence-corrected chi connectivity index (χ0v) is 10.6. The SMILES string of the molecule is Cc1ccc(NC2COCC2O)cc1N(C)C. The molecule has 1 aliphatic heterocycles. The van der Waals surface area contributed by atoms with Crippen LogP contribution in [0, 0.1) is 6.92 Å². The molecule has 0 aliphatic carbocycles. The summed E-state index contributed by atoms with van der Waals surface area (Å²) in [6, 6.07) is 6.21. The summed E-state index contributed by atoms with van der Waals surface area (Å²) in [5, 5.41) is 13.0. The van der Waals surface area contributed by atoms with Gasteiger partial charge in [0.1, 0.15) is 0 Å². The molecule has 4 heteroatoms. The smallest absolute Gasteiger partial charge is 0.0996 e. The van der Waals surface area contributed by atoms with Crippen LogP contribution in [0.15, 0.2) is 18.2 Å². The first kappa shape index (κ1) is 12.2. The molecule has 2 N–H and O–H groups in total. The second kappa shape index (κ2) is 4.94. The predicted octanol–water partition coefficient (Wildman–Crippen LogP) is 1.23. The van der Waals surface area contributed by atoms with E-state index in [1.807, 2.05) is 20.2 Å². The second-order valence-corrected chi connectivity index (χ2v) is 4.75. The van der Waals surface area contributed by atoms with Gasteiger partial charge in [-0.15, -0.1) is 0 Å². The first-order chi connectivity index (χ1) is 8.08. The highest BCUT2D eigenvalue weighted by atomic mass is 16.5. The first-order valence-electron chi connectivity index (χ1n) is 5.88. The highest BCUT2D eigenvalue weighted by molar-refractivity contribution is 5.62. The molecule has 0 bridgehead atoms. The summed E-state index contributed by atoms with van der Waals surface area (Å²) in [7, 11) is 4.05. The van der Waals surface area contributed by atoms with Gasteiger partial charge in [-0.1, -0.05) is 6.07 Å². The van der Waals surface area contributed by atoms with Gasteiger partial charge in [-0.25, -0.2) is 0 Å². The number of aliphatic hydroxyl groups excluding tert-OH is 1. The molecular weight excluding hydrogens is 216 g/mol. The third-order valence-electron chi connectivity index (χ3n) is 3.09. The van der Waals surface area contributed by atoms with Gasteiger partial charge in [0.15, 0.2) is 0 Å². The fraction of sp³-hybridized carbons (Fsp3) is 0.538. The maximum Gasteiger partial charge on any atom is 0.0996 e. The van der Waals surface area contributed by atoms with Gasteiger partial charge in [0.2, 0.25) is 0 Å². The highest BCUT2D eigenvalue weighted by Crippen LogP contribution is 2.24. The topological polar surface area (TPSA) is 44.7 Å². The van der Waals surface area contributed by atoms with Crippen LogP contribution >= 0.6 is 0 Å². The Balaban J connectivity index is 2.13. The molecule has 0 radical (unpaired) electrons. The van der Waals surface area contributed by atoms with Crippen LogP contribution in [0.25, 0.3) is 0 Å². The summed E-state index contributed by atoms with van der Waals surface area (Å²) < 4.78 is 5.22. The Morgan fingerprint density at radius 1 is 1.35 bits per heavy atom. The fourth-order valence-electron chi connectivity index (χ4n) is 2.08. The van der Waals surface area contributed by atoms with Crippen molar-refractivity contribution in [3.63, 3.8) is 0 Å². The number of nitrogens with zero attached hydrogens (tertiary/aromatic N) is 1. The molecule has 2 rings (SSSR count). The summed E-state index contributed by atoms with van der Waals surface area (Å²) in [5.74, 6) is 0. The average Bonchev–Trinajstić information content (AvgIpc) is 2.67. The Morgan fingerprint density at radius 2 is 2.12 bits per heavy atom. The lowest BCUT2D eigenvalue weighted by atomic mass is 10.1. The molecule has 1 heterocycles. The van der Waals surface area contributed by atoms with Gasteiger partial charge in [0, 0.05) is 25.5 Å². The van der Waals surface area contributed by atoms with E-state index in [9.17, 15) is 5.11 Å². The Kier molecular flexibility index (Phi) is 3.54. The lowest BCUT2D eigenvalue weighted by molar-refractivity contribution is 0.125. The Bertz CT molecular complexity index is 393. The van der Waals surface area contributed by atoms with Crippen molar-refractivity contribution in [1.82, 2.24) is 0 Å². The van der Waals surface area contributed by atoms with Crippen LogP contribution in [0.1, 0.15) is 5.56 Å². The molecule has 0 saturated carbocycles. The number of hydrogen-bond donors (Lipinski definition) is 2. The number of rotatable bonds is 3. The van der Waals surface area contributed by atoms with E-state index >= 15 is 0 Å². The van der Waals surface area contributed by atoms with Gasteiger partial charge < -0.3 is 20.1 Å². The van der Waals surface area contributed by atoms with Crippen LogP contribution in [0.3, 0.4) is 0 Å². The van der Waals surface area contributed by atoms with Crippen LogP contribution in [0.5, 0.6) is 0 Å². The molecule has 1 aromatic rings. The molecule has 1 saturated heterocycles. The normalized spacial score (nSPS) is 23.8. The number of nitrogens with one attached hydrogen (secondary N) is 1. The van der Waals surface area contributed by atoms with Crippen molar-refractivity contribution >= 4 is 11.4 Å². The van der Waals surface area contributed by atoms with E-state index < -0.39 is 6.10 Å². The number of hydrogen-bond acceptors (Lipinski definition) is 4. The predicted molar refractivity (Wildman–Crippen MR) is 69.7 cm³/mol. The maximum atomic E-state index is 9.69. The molecule has 2 atom stereocenters. The van der Waals surface area contributed by atoms with Gasteiger partial charge >= 0.3 is 0 Å². The van der Waals surface area contributed by atoms with Crippen LogP contribution in [0.2, 0.25) is 0 Å². The lowest BCUT2D eigenvalue weighted by Gasteiger charge is -2.20. The van der Waals surface area contributed by atoms with E-state index in [0.717, 1.165) is 5.69 Å². The molecule has 1 fully saturated rings. The zero-order valence-electron chi connectivity index (χ0n) is 10.6. The van der Waals surface area contributed by atoms with Crippen molar-refractivity contribution in [2.45, 2.75) is 19.1 Å². The minimum atomic E-state index is -0.417. The highest BCUT2D eigenvalue weighted by Gasteiger charge is 2.25. The Morgan fingerprint density at radius 3 is 2.71 bits per heavy atom. The van der Waals surface area contributed by atoms with Gasteiger partial charge in [0.25, 0.3) is 0 Å². The summed E-state index contributed by atoms with van der Waals surface area (Å²) >= 11 is 0. The Labute approximate surface area is 102 Å². The van der Waals surface area contributed by atoms with Gasteiger partial charge in [-0.3, -0.25) is 0 Å². The quantitative estimate of drug-likeness (QED) is 0.828. The van der Waals surface area contributed by atoms with E-state index in [0.29, 0.717) is 13.2 Å². The van der Waals surface area contributed by atoms with E-state index in [1.54, 1.807) is 0 Å². The number of benzene rings is 1. The van der Waals surface area contributed by atoms with Crippen molar-refractivity contribution < 1.29 is 9.84 Å². The van der Waals surface area contributed by atoms with Crippen molar-refractivity contribution in [3.8, 4) is 0 Å². The number of ether oxygens (including phenoxy) is 1. The first-order valence-corrected chi connectivity index (χ1v) is 5.88. The largest absolute Gasteiger partial charge is 0.388 e. The van der Waals surface area contributed by atoms with Crippen LogP contribution in [-0.4, -0.2) is 44.6 Å². The number of aryl methyl sites for hydroxylation is 1. The number of aliphatic hydroxyl groups is 1. The van der Waals surface area contributed by atoms with Crippen molar-refractivity contribution in [1.29, 1.82) is 0 Å². The molecule has 0 amide bonds. The molecule has 17 heavy (non-hydrogen) atoms.